The molecule has 0 atom stereocenters. The Kier molecular flexibility index (Phi) is 5.51. The number of nitrogens with one attached hydrogen (secondary N) is 1. The summed E-state index contributed by atoms with van der Waals surface area (Å²) in [5, 5.41) is 2.07. The van der Waals surface area contributed by atoms with Crippen molar-refractivity contribution in [1.29, 1.82) is 0 Å². The van der Waals surface area contributed by atoms with Crippen LogP contribution in [0.3, 0.4) is 0 Å². The van der Waals surface area contributed by atoms with Crippen molar-refractivity contribution in [2.75, 3.05) is 13.2 Å². The van der Waals surface area contributed by atoms with Crippen molar-refractivity contribution < 1.29 is 13.2 Å². The highest BCUT2D eigenvalue weighted by Gasteiger charge is 2.37. The SMILES string of the molecule is CCOc1ccc(S(=O)(=O)NCC2(c3cccs3)CCCC2)cc1C. The summed E-state index contributed by atoms with van der Waals surface area (Å²) >= 11 is 1.72. The number of sulfonamides is 1. The molecule has 2 aromatic rings. The van der Waals surface area contributed by atoms with Crippen LogP contribution in [0.4, 0.5) is 0 Å². The average molecular weight is 380 g/mol. The highest BCUT2D eigenvalue weighted by molar-refractivity contribution is 7.89. The summed E-state index contributed by atoms with van der Waals surface area (Å²) in [6.45, 7) is 4.81. The lowest BCUT2D eigenvalue weighted by molar-refractivity contribution is 0.337. The Morgan fingerprint density at radius 1 is 1.24 bits per heavy atom. The Labute approximate surface area is 154 Å². The average Bonchev–Trinajstić information content (AvgIpc) is 3.27. The molecule has 1 heterocycles. The summed E-state index contributed by atoms with van der Waals surface area (Å²) in [4.78, 5) is 1.59. The van der Waals surface area contributed by atoms with E-state index in [1.807, 2.05) is 19.9 Å². The van der Waals surface area contributed by atoms with Gasteiger partial charge < -0.3 is 4.74 Å². The van der Waals surface area contributed by atoms with E-state index in [1.54, 1.807) is 29.5 Å². The Balaban J connectivity index is 1.78. The van der Waals surface area contributed by atoms with Gasteiger partial charge in [-0.3, -0.25) is 0 Å². The number of hydrogen-bond acceptors (Lipinski definition) is 4. The molecule has 1 aliphatic carbocycles. The topological polar surface area (TPSA) is 55.4 Å². The molecule has 1 aromatic carbocycles. The zero-order valence-corrected chi connectivity index (χ0v) is 16.4. The lowest BCUT2D eigenvalue weighted by atomic mass is 9.85. The van der Waals surface area contributed by atoms with Crippen molar-refractivity contribution >= 4 is 21.4 Å². The third kappa shape index (κ3) is 3.91. The van der Waals surface area contributed by atoms with Gasteiger partial charge in [0.25, 0.3) is 0 Å². The molecule has 136 valence electrons. The summed E-state index contributed by atoms with van der Waals surface area (Å²) in [6, 6.07) is 9.21. The Bertz CT molecular complexity index is 807. The summed E-state index contributed by atoms with van der Waals surface area (Å²) in [7, 11) is -3.53. The normalized spacial score (nSPS) is 16.9. The fourth-order valence-electron chi connectivity index (χ4n) is 3.57. The van der Waals surface area contributed by atoms with Crippen molar-refractivity contribution in [3.05, 3.63) is 46.2 Å². The van der Waals surface area contributed by atoms with Crippen LogP contribution < -0.4 is 9.46 Å². The van der Waals surface area contributed by atoms with Crippen molar-refractivity contribution in [3.8, 4) is 5.75 Å². The van der Waals surface area contributed by atoms with E-state index in [2.05, 4.69) is 16.2 Å². The standard InChI is InChI=1S/C19H25NO3S2/c1-3-23-17-9-8-16(13-15(17)2)25(21,22)20-14-19(10-4-5-11-19)18-7-6-12-24-18/h6-9,12-13,20H,3-5,10-11,14H2,1-2H3. The summed E-state index contributed by atoms with van der Waals surface area (Å²) in [6.07, 6.45) is 4.39. The summed E-state index contributed by atoms with van der Waals surface area (Å²) in [5.41, 5.74) is 0.778. The van der Waals surface area contributed by atoms with Crippen LogP contribution in [-0.4, -0.2) is 21.6 Å². The number of hydrogen-bond donors (Lipinski definition) is 1. The van der Waals surface area contributed by atoms with Gasteiger partial charge in [-0.15, -0.1) is 11.3 Å². The number of rotatable bonds is 7. The van der Waals surface area contributed by atoms with Crippen molar-refractivity contribution in [2.24, 2.45) is 0 Å². The predicted octanol–water partition coefficient (Wildman–Crippen LogP) is 4.25. The molecule has 1 aliphatic rings. The Hall–Kier alpha value is -1.37. The second kappa shape index (κ2) is 7.48. The number of aryl methyl sites for hydroxylation is 1. The molecule has 1 aromatic heterocycles. The minimum absolute atomic E-state index is 0.0540. The van der Waals surface area contributed by atoms with E-state index in [1.165, 1.54) is 4.88 Å². The van der Waals surface area contributed by atoms with Crippen molar-refractivity contribution in [3.63, 3.8) is 0 Å². The molecular formula is C19H25NO3S2. The van der Waals surface area contributed by atoms with Crippen molar-refractivity contribution in [1.82, 2.24) is 4.72 Å². The van der Waals surface area contributed by atoms with E-state index in [-0.39, 0.29) is 5.41 Å². The summed E-state index contributed by atoms with van der Waals surface area (Å²) < 4.78 is 33.9. The minimum Gasteiger partial charge on any atom is -0.494 e. The van der Waals surface area contributed by atoms with E-state index in [0.717, 1.165) is 37.0 Å². The van der Waals surface area contributed by atoms with Gasteiger partial charge in [0.15, 0.2) is 0 Å². The Morgan fingerprint density at radius 2 is 2.00 bits per heavy atom. The first-order valence-electron chi connectivity index (χ1n) is 8.74. The lowest BCUT2D eigenvalue weighted by Crippen LogP contribution is -2.38. The van der Waals surface area contributed by atoms with Gasteiger partial charge in [0, 0.05) is 16.8 Å². The minimum atomic E-state index is -3.53. The second-order valence-corrected chi connectivity index (χ2v) is 9.36. The molecule has 1 fully saturated rings. The van der Waals surface area contributed by atoms with E-state index in [9.17, 15) is 8.42 Å². The van der Waals surface area contributed by atoms with Crippen LogP contribution >= 0.6 is 11.3 Å². The smallest absolute Gasteiger partial charge is 0.240 e. The molecule has 6 heteroatoms. The molecule has 1 saturated carbocycles. The van der Waals surface area contributed by atoms with Gasteiger partial charge in [0.2, 0.25) is 10.0 Å². The molecule has 4 nitrogen and oxygen atoms in total. The van der Waals surface area contributed by atoms with Crippen LogP contribution in [0, 0.1) is 6.92 Å². The molecule has 0 saturated heterocycles. The van der Waals surface area contributed by atoms with Crippen LogP contribution in [0.2, 0.25) is 0 Å². The summed E-state index contributed by atoms with van der Waals surface area (Å²) in [5.74, 6) is 0.729. The van der Waals surface area contributed by atoms with Crippen LogP contribution in [0.25, 0.3) is 0 Å². The highest BCUT2D eigenvalue weighted by Crippen LogP contribution is 2.42. The van der Waals surface area contributed by atoms with E-state index in [0.29, 0.717) is 18.0 Å². The van der Waals surface area contributed by atoms with E-state index in [4.69, 9.17) is 4.74 Å². The third-order valence-corrected chi connectivity index (χ3v) is 7.48. The number of ether oxygens (including phenoxy) is 1. The molecule has 0 amide bonds. The first kappa shape index (κ1) is 18.4. The zero-order chi connectivity index (χ0) is 17.9. The van der Waals surface area contributed by atoms with Gasteiger partial charge in [0.05, 0.1) is 11.5 Å². The van der Waals surface area contributed by atoms with E-state index >= 15 is 0 Å². The zero-order valence-electron chi connectivity index (χ0n) is 14.7. The quantitative estimate of drug-likeness (QED) is 0.783. The largest absolute Gasteiger partial charge is 0.494 e. The van der Waals surface area contributed by atoms with Crippen LogP contribution in [0.1, 0.15) is 43.0 Å². The number of benzene rings is 1. The molecule has 0 bridgehead atoms. The maximum absolute atomic E-state index is 12.8. The fraction of sp³-hybridized carbons (Fsp3) is 0.474. The molecule has 25 heavy (non-hydrogen) atoms. The van der Waals surface area contributed by atoms with Crippen molar-refractivity contribution in [2.45, 2.75) is 49.8 Å². The van der Waals surface area contributed by atoms with Crippen LogP contribution in [0.5, 0.6) is 5.75 Å². The third-order valence-electron chi connectivity index (χ3n) is 4.96. The maximum Gasteiger partial charge on any atom is 0.240 e. The molecule has 3 rings (SSSR count). The van der Waals surface area contributed by atoms with Gasteiger partial charge in [-0.05, 0) is 61.9 Å². The fourth-order valence-corrected chi connectivity index (χ4v) is 5.76. The van der Waals surface area contributed by atoms with Gasteiger partial charge in [0.1, 0.15) is 5.75 Å². The molecule has 0 unspecified atom stereocenters. The molecular weight excluding hydrogens is 354 g/mol. The van der Waals surface area contributed by atoms with Crippen LogP contribution in [-0.2, 0) is 15.4 Å². The maximum atomic E-state index is 12.8. The molecule has 0 radical (unpaired) electrons. The highest BCUT2D eigenvalue weighted by atomic mass is 32.2. The first-order chi connectivity index (χ1) is 12.0. The number of thiophene rings is 1. The monoisotopic (exact) mass is 379 g/mol. The molecule has 0 spiro atoms. The second-order valence-electron chi connectivity index (χ2n) is 6.65. The predicted molar refractivity (Wildman–Crippen MR) is 102 cm³/mol. The van der Waals surface area contributed by atoms with Gasteiger partial charge >= 0.3 is 0 Å². The van der Waals surface area contributed by atoms with Gasteiger partial charge in [-0.2, -0.15) is 0 Å². The first-order valence-corrected chi connectivity index (χ1v) is 11.1. The van der Waals surface area contributed by atoms with Gasteiger partial charge in [-0.1, -0.05) is 18.9 Å². The molecule has 0 aliphatic heterocycles. The van der Waals surface area contributed by atoms with Gasteiger partial charge in [-0.25, -0.2) is 13.1 Å². The van der Waals surface area contributed by atoms with E-state index < -0.39 is 10.0 Å². The Morgan fingerprint density at radius 3 is 2.60 bits per heavy atom. The molecule has 1 N–H and O–H groups in total. The van der Waals surface area contributed by atoms with Crippen LogP contribution in [0.15, 0.2) is 40.6 Å². The lowest BCUT2D eigenvalue weighted by Gasteiger charge is -2.28.